The predicted molar refractivity (Wildman–Crippen MR) is 91.4 cm³/mol. The maximum absolute atomic E-state index is 13.9. The Hall–Kier alpha value is -1.11. The van der Waals surface area contributed by atoms with Gasteiger partial charge in [0, 0.05) is 29.7 Å². The van der Waals surface area contributed by atoms with Crippen LogP contribution in [0.15, 0.2) is 30.3 Å². The van der Waals surface area contributed by atoms with Gasteiger partial charge in [0.15, 0.2) is 0 Å². The summed E-state index contributed by atoms with van der Waals surface area (Å²) in [6.07, 6.45) is 0.593. The Morgan fingerprint density at radius 3 is 2.78 bits per heavy atom. The quantitative estimate of drug-likeness (QED) is 0.738. The van der Waals surface area contributed by atoms with E-state index in [1.165, 1.54) is 17.4 Å². The molecule has 0 spiro atoms. The molecular formula is C16H14ClF2NOS2. The smallest absolute Gasteiger partial charge is 0.264 e. The van der Waals surface area contributed by atoms with E-state index in [0.29, 0.717) is 40.0 Å². The second-order valence-electron chi connectivity index (χ2n) is 5.21. The van der Waals surface area contributed by atoms with Gasteiger partial charge in [-0.3, -0.25) is 4.79 Å². The summed E-state index contributed by atoms with van der Waals surface area (Å²) in [6.45, 7) is 1.11. The Balaban J connectivity index is 1.72. The molecule has 1 atom stereocenters. The highest BCUT2D eigenvalue weighted by Gasteiger charge is 2.25. The molecule has 7 heteroatoms. The summed E-state index contributed by atoms with van der Waals surface area (Å²) >= 11 is 8.69. The number of hydrogen-bond donors (Lipinski definition) is 0. The summed E-state index contributed by atoms with van der Waals surface area (Å²) in [6, 6.07) is 6.96. The Kier molecular flexibility index (Phi) is 5.24. The number of hydrogen-bond acceptors (Lipinski definition) is 3. The van der Waals surface area contributed by atoms with E-state index in [1.807, 2.05) is 0 Å². The summed E-state index contributed by atoms with van der Waals surface area (Å²) in [7, 11) is 0. The molecule has 1 aliphatic rings. The SMILES string of the molecule is O=C(c1ccc(Cl)s1)N1CCS[C@@H](c2cc(F)ccc2F)CC1. The van der Waals surface area contributed by atoms with Gasteiger partial charge in [0.1, 0.15) is 11.6 Å². The molecule has 0 unspecified atom stereocenters. The molecule has 122 valence electrons. The molecule has 23 heavy (non-hydrogen) atoms. The van der Waals surface area contributed by atoms with Gasteiger partial charge in [-0.1, -0.05) is 11.6 Å². The number of thioether (sulfide) groups is 1. The number of benzene rings is 1. The minimum absolute atomic E-state index is 0.0529. The molecular weight excluding hydrogens is 360 g/mol. The van der Waals surface area contributed by atoms with Gasteiger partial charge < -0.3 is 4.90 Å². The van der Waals surface area contributed by atoms with Gasteiger partial charge in [-0.2, -0.15) is 11.8 Å². The lowest BCUT2D eigenvalue weighted by molar-refractivity contribution is 0.0771. The molecule has 1 fully saturated rings. The number of rotatable bonds is 2. The Labute approximate surface area is 146 Å². The fourth-order valence-corrected chi connectivity index (χ4v) is 4.82. The van der Waals surface area contributed by atoms with Crippen molar-refractivity contribution in [3.05, 3.63) is 56.7 Å². The Morgan fingerprint density at radius 2 is 2.04 bits per heavy atom. The van der Waals surface area contributed by atoms with Crippen molar-refractivity contribution in [3.63, 3.8) is 0 Å². The van der Waals surface area contributed by atoms with Crippen LogP contribution < -0.4 is 0 Å². The highest BCUT2D eigenvalue weighted by molar-refractivity contribution is 7.99. The number of nitrogens with zero attached hydrogens (tertiary/aromatic N) is 1. The molecule has 1 aromatic carbocycles. The van der Waals surface area contributed by atoms with E-state index < -0.39 is 11.6 Å². The molecule has 0 bridgehead atoms. The van der Waals surface area contributed by atoms with E-state index in [0.717, 1.165) is 12.1 Å². The predicted octanol–water partition coefficient (Wildman–Crippen LogP) is 5.00. The fraction of sp³-hybridized carbons (Fsp3) is 0.312. The van der Waals surface area contributed by atoms with Crippen LogP contribution in [-0.2, 0) is 0 Å². The van der Waals surface area contributed by atoms with Gasteiger partial charge in [0.25, 0.3) is 5.91 Å². The van der Waals surface area contributed by atoms with Gasteiger partial charge in [0.05, 0.1) is 9.21 Å². The summed E-state index contributed by atoms with van der Waals surface area (Å²) in [4.78, 5) is 14.8. The van der Waals surface area contributed by atoms with E-state index in [1.54, 1.807) is 28.8 Å². The number of halogens is 3. The van der Waals surface area contributed by atoms with E-state index in [4.69, 9.17) is 11.6 Å². The molecule has 0 saturated carbocycles. The summed E-state index contributed by atoms with van der Waals surface area (Å²) < 4.78 is 27.9. The van der Waals surface area contributed by atoms with E-state index in [9.17, 15) is 13.6 Å². The maximum Gasteiger partial charge on any atom is 0.264 e. The van der Waals surface area contributed by atoms with Crippen molar-refractivity contribution in [1.29, 1.82) is 0 Å². The van der Waals surface area contributed by atoms with Gasteiger partial charge in [-0.25, -0.2) is 8.78 Å². The lowest BCUT2D eigenvalue weighted by Gasteiger charge is -2.19. The van der Waals surface area contributed by atoms with Crippen molar-refractivity contribution in [2.45, 2.75) is 11.7 Å². The fourth-order valence-electron chi connectivity index (χ4n) is 2.57. The summed E-state index contributed by atoms with van der Waals surface area (Å²) in [5, 5.41) is -0.143. The topological polar surface area (TPSA) is 20.3 Å². The van der Waals surface area contributed by atoms with E-state index in [-0.39, 0.29) is 11.2 Å². The Morgan fingerprint density at radius 1 is 1.22 bits per heavy atom. The largest absolute Gasteiger partial charge is 0.337 e. The third kappa shape index (κ3) is 3.87. The minimum Gasteiger partial charge on any atom is -0.337 e. The number of carbonyl (C=O) groups excluding carboxylic acids is 1. The van der Waals surface area contributed by atoms with E-state index >= 15 is 0 Å². The summed E-state index contributed by atoms with van der Waals surface area (Å²) in [5.74, 6) is -0.199. The molecule has 0 radical (unpaired) electrons. The zero-order valence-corrected chi connectivity index (χ0v) is 14.5. The monoisotopic (exact) mass is 373 g/mol. The van der Waals surface area contributed by atoms with Crippen molar-refractivity contribution >= 4 is 40.6 Å². The molecule has 0 aliphatic carbocycles. The highest BCUT2D eigenvalue weighted by atomic mass is 35.5. The third-order valence-corrected chi connectivity index (χ3v) is 6.25. The molecule has 3 rings (SSSR count). The van der Waals surface area contributed by atoms with E-state index in [2.05, 4.69) is 0 Å². The van der Waals surface area contributed by atoms with Crippen LogP contribution in [0.3, 0.4) is 0 Å². The normalized spacial score (nSPS) is 18.7. The zero-order chi connectivity index (χ0) is 16.4. The van der Waals surface area contributed by atoms with Crippen LogP contribution in [0, 0.1) is 11.6 Å². The summed E-state index contributed by atoms with van der Waals surface area (Å²) in [5.41, 5.74) is 0.378. The lowest BCUT2D eigenvalue weighted by Crippen LogP contribution is -2.32. The highest BCUT2D eigenvalue weighted by Crippen LogP contribution is 2.36. The van der Waals surface area contributed by atoms with Crippen LogP contribution in [0.25, 0.3) is 0 Å². The zero-order valence-electron chi connectivity index (χ0n) is 12.1. The van der Waals surface area contributed by atoms with Crippen LogP contribution in [-0.4, -0.2) is 29.6 Å². The molecule has 1 aromatic heterocycles. The van der Waals surface area contributed by atoms with Crippen LogP contribution in [0.5, 0.6) is 0 Å². The van der Waals surface area contributed by atoms with Gasteiger partial charge in [-0.15, -0.1) is 11.3 Å². The van der Waals surface area contributed by atoms with Gasteiger partial charge in [-0.05, 0) is 36.8 Å². The van der Waals surface area contributed by atoms with Gasteiger partial charge in [0.2, 0.25) is 0 Å². The minimum atomic E-state index is -0.438. The first kappa shape index (κ1) is 16.7. The molecule has 0 N–H and O–H groups in total. The average molecular weight is 374 g/mol. The van der Waals surface area contributed by atoms with Crippen molar-refractivity contribution in [1.82, 2.24) is 4.90 Å². The number of amides is 1. The first-order valence-corrected chi connectivity index (χ1v) is 9.40. The second-order valence-corrected chi connectivity index (χ2v) is 8.24. The first-order chi connectivity index (χ1) is 11.0. The van der Waals surface area contributed by atoms with Crippen molar-refractivity contribution in [2.75, 3.05) is 18.8 Å². The van der Waals surface area contributed by atoms with Crippen LogP contribution in [0.4, 0.5) is 8.78 Å². The molecule has 1 aliphatic heterocycles. The second kappa shape index (κ2) is 7.20. The number of carbonyl (C=O) groups is 1. The van der Waals surface area contributed by atoms with Crippen molar-refractivity contribution < 1.29 is 13.6 Å². The molecule has 2 nitrogen and oxygen atoms in total. The van der Waals surface area contributed by atoms with Gasteiger partial charge >= 0.3 is 0 Å². The Bertz CT molecular complexity index is 722. The molecule has 1 saturated heterocycles. The van der Waals surface area contributed by atoms with Crippen LogP contribution in [0.2, 0.25) is 4.34 Å². The molecule has 1 amide bonds. The standard InChI is InChI=1S/C16H14ClF2NOS2/c17-15-4-3-14(23-15)16(21)20-6-5-13(22-8-7-20)11-9-10(18)1-2-12(11)19/h1-4,9,13H,5-8H2/t13-/m1/s1. The van der Waals surface area contributed by atoms with Crippen molar-refractivity contribution in [3.8, 4) is 0 Å². The maximum atomic E-state index is 13.9. The average Bonchev–Trinajstić information content (AvgIpc) is 2.82. The number of thiophene rings is 1. The first-order valence-electron chi connectivity index (χ1n) is 7.16. The molecule has 2 heterocycles. The van der Waals surface area contributed by atoms with Crippen LogP contribution >= 0.6 is 34.7 Å². The lowest BCUT2D eigenvalue weighted by atomic mass is 10.1. The van der Waals surface area contributed by atoms with Crippen LogP contribution in [0.1, 0.15) is 26.9 Å². The third-order valence-electron chi connectivity index (χ3n) is 3.72. The van der Waals surface area contributed by atoms with Crippen molar-refractivity contribution in [2.24, 2.45) is 0 Å². The molecule has 2 aromatic rings.